The van der Waals surface area contributed by atoms with E-state index in [1.165, 1.54) is 0 Å². The monoisotopic (exact) mass is 334 g/mol. The van der Waals surface area contributed by atoms with Crippen LogP contribution in [0.5, 0.6) is 0 Å². The first-order chi connectivity index (χ1) is 11.3. The van der Waals surface area contributed by atoms with Crippen LogP contribution in [0.15, 0.2) is 30.3 Å². The Morgan fingerprint density at radius 3 is 2.33 bits per heavy atom. The topological polar surface area (TPSA) is 69.6 Å². The third kappa shape index (κ3) is 6.71. The lowest BCUT2D eigenvalue weighted by Crippen LogP contribution is -2.38. The number of hydrogen-bond acceptors (Lipinski definition) is 3. The Bertz CT molecular complexity index is 517. The number of aliphatic carboxylic acids is 1. The van der Waals surface area contributed by atoms with Gasteiger partial charge in [0.25, 0.3) is 0 Å². The molecular formula is C19H30N2O3. The predicted octanol–water partition coefficient (Wildman–Crippen LogP) is 2.59. The molecule has 1 amide bonds. The Balaban J connectivity index is 2.60. The van der Waals surface area contributed by atoms with Crippen molar-refractivity contribution in [2.75, 3.05) is 27.2 Å². The first-order valence-corrected chi connectivity index (χ1v) is 8.53. The Kier molecular flexibility index (Phi) is 8.47. The second-order valence-electron chi connectivity index (χ2n) is 6.73. The number of carboxylic acids is 1. The van der Waals surface area contributed by atoms with Crippen LogP contribution in [0.4, 0.5) is 0 Å². The lowest BCUT2D eigenvalue weighted by atomic mass is 9.83. The van der Waals surface area contributed by atoms with Crippen molar-refractivity contribution in [3.8, 4) is 0 Å². The highest BCUT2D eigenvalue weighted by Gasteiger charge is 2.31. The quantitative estimate of drug-likeness (QED) is 0.645. The van der Waals surface area contributed by atoms with E-state index < -0.39 is 17.8 Å². The molecule has 0 fully saturated rings. The van der Waals surface area contributed by atoms with E-state index in [9.17, 15) is 14.7 Å². The van der Waals surface area contributed by atoms with Crippen LogP contribution in [0.2, 0.25) is 0 Å². The van der Waals surface area contributed by atoms with Gasteiger partial charge in [0.15, 0.2) is 0 Å². The van der Waals surface area contributed by atoms with Gasteiger partial charge in [-0.2, -0.15) is 0 Å². The second kappa shape index (κ2) is 10.1. The fourth-order valence-corrected chi connectivity index (χ4v) is 2.77. The third-order valence-corrected chi connectivity index (χ3v) is 4.39. The van der Waals surface area contributed by atoms with E-state index in [-0.39, 0.29) is 11.8 Å². The van der Waals surface area contributed by atoms with Crippen LogP contribution >= 0.6 is 0 Å². The third-order valence-electron chi connectivity index (χ3n) is 4.39. The fraction of sp³-hybridized carbons (Fsp3) is 0.579. The predicted molar refractivity (Wildman–Crippen MR) is 95.9 cm³/mol. The summed E-state index contributed by atoms with van der Waals surface area (Å²) >= 11 is 0. The molecular weight excluding hydrogens is 304 g/mol. The number of benzene rings is 1. The van der Waals surface area contributed by atoms with Crippen LogP contribution < -0.4 is 5.32 Å². The maximum absolute atomic E-state index is 12.3. The highest BCUT2D eigenvalue weighted by molar-refractivity contribution is 5.84. The molecule has 1 aromatic carbocycles. The average molecular weight is 334 g/mol. The van der Waals surface area contributed by atoms with Crippen molar-refractivity contribution in [3.05, 3.63) is 35.9 Å². The van der Waals surface area contributed by atoms with Crippen molar-refractivity contribution in [3.63, 3.8) is 0 Å². The van der Waals surface area contributed by atoms with E-state index in [1.807, 2.05) is 51.4 Å². The number of carbonyl (C=O) groups excluding carboxylic acids is 1. The summed E-state index contributed by atoms with van der Waals surface area (Å²) in [4.78, 5) is 26.0. The van der Waals surface area contributed by atoms with E-state index in [0.29, 0.717) is 13.0 Å². The summed E-state index contributed by atoms with van der Waals surface area (Å²) in [6.07, 6.45) is 1.30. The molecule has 0 aliphatic heterocycles. The fourth-order valence-electron chi connectivity index (χ4n) is 2.77. The van der Waals surface area contributed by atoms with Gasteiger partial charge in [-0.3, -0.25) is 9.59 Å². The van der Waals surface area contributed by atoms with Gasteiger partial charge in [-0.05, 0) is 45.0 Å². The molecule has 0 saturated heterocycles. The second-order valence-corrected chi connectivity index (χ2v) is 6.73. The van der Waals surface area contributed by atoms with Crippen LogP contribution in [-0.2, 0) is 9.59 Å². The maximum Gasteiger partial charge on any atom is 0.307 e. The molecule has 0 aromatic heterocycles. The van der Waals surface area contributed by atoms with Crippen molar-refractivity contribution >= 4 is 11.9 Å². The summed E-state index contributed by atoms with van der Waals surface area (Å²) in [6.45, 7) is 5.18. The normalized spacial score (nSPS) is 14.9. The molecule has 24 heavy (non-hydrogen) atoms. The summed E-state index contributed by atoms with van der Waals surface area (Å²) in [7, 11) is 3.96. The zero-order valence-corrected chi connectivity index (χ0v) is 15.2. The zero-order valence-electron chi connectivity index (χ0n) is 15.2. The SMILES string of the molecule is CC(CC(C(=O)O)C(C)C(=O)NCCCN(C)C)c1ccccc1. The lowest BCUT2D eigenvalue weighted by molar-refractivity contribution is -0.147. The number of amides is 1. The molecule has 0 aliphatic rings. The Hall–Kier alpha value is -1.88. The minimum Gasteiger partial charge on any atom is -0.481 e. The Labute approximate surface area is 145 Å². The van der Waals surface area contributed by atoms with Gasteiger partial charge in [-0.15, -0.1) is 0 Å². The molecule has 5 nitrogen and oxygen atoms in total. The zero-order chi connectivity index (χ0) is 18.1. The summed E-state index contributed by atoms with van der Waals surface area (Å²) in [5.41, 5.74) is 1.10. The Morgan fingerprint density at radius 2 is 1.79 bits per heavy atom. The standard InChI is InChI=1S/C19H30N2O3/c1-14(16-9-6-5-7-10-16)13-17(19(23)24)15(2)18(22)20-11-8-12-21(3)4/h5-7,9-10,14-15,17H,8,11-13H2,1-4H3,(H,20,22)(H,23,24). The van der Waals surface area contributed by atoms with Crippen LogP contribution in [0.25, 0.3) is 0 Å². The number of rotatable bonds is 10. The van der Waals surface area contributed by atoms with Gasteiger partial charge in [0, 0.05) is 12.5 Å². The van der Waals surface area contributed by atoms with Crippen molar-refractivity contribution < 1.29 is 14.7 Å². The number of carboxylic acid groups (broad SMARTS) is 1. The van der Waals surface area contributed by atoms with Crippen molar-refractivity contribution in [1.82, 2.24) is 10.2 Å². The summed E-state index contributed by atoms with van der Waals surface area (Å²) < 4.78 is 0. The smallest absolute Gasteiger partial charge is 0.307 e. The van der Waals surface area contributed by atoms with E-state index in [0.717, 1.165) is 18.5 Å². The van der Waals surface area contributed by atoms with Crippen LogP contribution in [-0.4, -0.2) is 49.1 Å². The molecule has 0 spiro atoms. The van der Waals surface area contributed by atoms with E-state index in [1.54, 1.807) is 6.92 Å². The highest BCUT2D eigenvalue weighted by Crippen LogP contribution is 2.28. The van der Waals surface area contributed by atoms with Gasteiger partial charge in [0.1, 0.15) is 0 Å². The molecule has 134 valence electrons. The van der Waals surface area contributed by atoms with Crippen molar-refractivity contribution in [2.45, 2.75) is 32.6 Å². The van der Waals surface area contributed by atoms with Crippen LogP contribution in [0, 0.1) is 11.8 Å². The molecule has 5 heteroatoms. The molecule has 0 bridgehead atoms. The largest absolute Gasteiger partial charge is 0.481 e. The number of nitrogens with zero attached hydrogens (tertiary/aromatic N) is 1. The first-order valence-electron chi connectivity index (χ1n) is 8.53. The molecule has 3 atom stereocenters. The van der Waals surface area contributed by atoms with Gasteiger partial charge in [-0.1, -0.05) is 44.2 Å². The minimum atomic E-state index is -0.909. The van der Waals surface area contributed by atoms with Crippen molar-refractivity contribution in [2.24, 2.45) is 11.8 Å². The van der Waals surface area contributed by atoms with Gasteiger partial charge in [0.2, 0.25) is 5.91 Å². The van der Waals surface area contributed by atoms with Gasteiger partial charge < -0.3 is 15.3 Å². The number of hydrogen-bond donors (Lipinski definition) is 2. The van der Waals surface area contributed by atoms with Gasteiger partial charge in [0.05, 0.1) is 5.92 Å². The summed E-state index contributed by atoms with van der Waals surface area (Å²) in [5.74, 6) is -2.23. The maximum atomic E-state index is 12.3. The molecule has 0 radical (unpaired) electrons. The molecule has 3 unspecified atom stereocenters. The van der Waals surface area contributed by atoms with Gasteiger partial charge in [-0.25, -0.2) is 0 Å². The molecule has 1 rings (SSSR count). The Morgan fingerprint density at radius 1 is 1.17 bits per heavy atom. The van der Waals surface area contributed by atoms with Crippen molar-refractivity contribution in [1.29, 1.82) is 0 Å². The molecule has 1 aromatic rings. The van der Waals surface area contributed by atoms with E-state index >= 15 is 0 Å². The van der Waals surface area contributed by atoms with Crippen LogP contribution in [0.3, 0.4) is 0 Å². The van der Waals surface area contributed by atoms with Gasteiger partial charge >= 0.3 is 5.97 Å². The summed E-state index contributed by atoms with van der Waals surface area (Å²) in [6, 6.07) is 9.82. The number of nitrogens with one attached hydrogen (secondary N) is 1. The molecule has 0 saturated carbocycles. The molecule has 2 N–H and O–H groups in total. The summed E-state index contributed by atoms with van der Waals surface area (Å²) in [5, 5.41) is 12.4. The highest BCUT2D eigenvalue weighted by atomic mass is 16.4. The molecule has 0 heterocycles. The average Bonchev–Trinajstić information content (AvgIpc) is 2.55. The lowest BCUT2D eigenvalue weighted by Gasteiger charge is -2.23. The van der Waals surface area contributed by atoms with Crippen LogP contribution in [0.1, 0.15) is 38.2 Å². The minimum absolute atomic E-state index is 0.0938. The molecule has 0 aliphatic carbocycles. The van der Waals surface area contributed by atoms with E-state index in [2.05, 4.69) is 10.2 Å². The number of carbonyl (C=O) groups is 2. The van der Waals surface area contributed by atoms with E-state index in [4.69, 9.17) is 0 Å². The first kappa shape index (κ1) is 20.2.